The molecule has 1 aromatic rings. The van der Waals surface area contributed by atoms with Crippen molar-refractivity contribution in [2.45, 2.75) is 37.4 Å². The van der Waals surface area contributed by atoms with Gasteiger partial charge in [0.25, 0.3) is 15.7 Å². The minimum absolute atomic E-state index is 0.137. The van der Waals surface area contributed by atoms with Crippen molar-refractivity contribution in [3.8, 4) is 0 Å². The average molecular weight is 327 g/mol. The molecule has 0 aromatic carbocycles. The fourth-order valence-electron chi connectivity index (χ4n) is 1.67. The van der Waals surface area contributed by atoms with Crippen LogP contribution in [-0.4, -0.2) is 19.4 Å². The van der Waals surface area contributed by atoms with Crippen molar-refractivity contribution < 1.29 is 13.3 Å². The predicted octanol–water partition coefficient (Wildman–Crippen LogP) is 3.02. The summed E-state index contributed by atoms with van der Waals surface area (Å²) in [5, 5.41) is 10.6. The molecule has 1 rings (SSSR count). The molecule has 0 saturated carbocycles. The van der Waals surface area contributed by atoms with Crippen molar-refractivity contribution >= 4 is 38.6 Å². The standard InChI is InChI=1S/C10H15ClN2O4S2/c1-6(2)4-7(3)12-19(16,17)9-5-8(13(14)15)10(11)18-9/h5-7,12H,4H2,1-3H3. The van der Waals surface area contributed by atoms with Gasteiger partial charge >= 0.3 is 0 Å². The van der Waals surface area contributed by atoms with E-state index in [0.29, 0.717) is 23.7 Å². The molecule has 1 heterocycles. The molecule has 1 unspecified atom stereocenters. The topological polar surface area (TPSA) is 89.3 Å². The van der Waals surface area contributed by atoms with Crippen molar-refractivity contribution in [1.29, 1.82) is 0 Å². The van der Waals surface area contributed by atoms with Crippen LogP contribution >= 0.6 is 22.9 Å². The zero-order valence-electron chi connectivity index (χ0n) is 10.7. The maximum absolute atomic E-state index is 12.0. The lowest BCUT2D eigenvalue weighted by Crippen LogP contribution is -2.33. The highest BCUT2D eigenvalue weighted by Gasteiger charge is 2.26. The third-order valence-corrected chi connectivity index (χ3v) is 5.69. The lowest BCUT2D eigenvalue weighted by atomic mass is 10.1. The van der Waals surface area contributed by atoms with E-state index in [1.165, 1.54) is 0 Å². The van der Waals surface area contributed by atoms with Gasteiger partial charge in [0.05, 0.1) is 4.92 Å². The van der Waals surface area contributed by atoms with E-state index in [-0.39, 0.29) is 20.3 Å². The first kappa shape index (κ1) is 16.4. The summed E-state index contributed by atoms with van der Waals surface area (Å²) in [5.41, 5.74) is -0.386. The molecular weight excluding hydrogens is 312 g/mol. The molecule has 0 amide bonds. The second-order valence-electron chi connectivity index (χ2n) is 4.63. The SMILES string of the molecule is CC(C)CC(C)NS(=O)(=O)c1cc([N+](=O)[O-])c(Cl)s1. The third-order valence-electron chi connectivity index (χ3n) is 2.29. The van der Waals surface area contributed by atoms with Gasteiger partial charge in [-0.2, -0.15) is 0 Å². The van der Waals surface area contributed by atoms with Crippen molar-refractivity contribution in [3.63, 3.8) is 0 Å². The van der Waals surface area contributed by atoms with Crippen molar-refractivity contribution in [2.75, 3.05) is 0 Å². The smallest absolute Gasteiger partial charge is 0.258 e. The largest absolute Gasteiger partial charge is 0.300 e. The van der Waals surface area contributed by atoms with Gasteiger partial charge in [-0.1, -0.05) is 25.4 Å². The van der Waals surface area contributed by atoms with E-state index < -0.39 is 14.9 Å². The van der Waals surface area contributed by atoms with Gasteiger partial charge in [-0.25, -0.2) is 13.1 Å². The molecular formula is C10H15ClN2O4S2. The van der Waals surface area contributed by atoms with Crippen LogP contribution in [0.4, 0.5) is 5.69 Å². The quantitative estimate of drug-likeness (QED) is 0.642. The van der Waals surface area contributed by atoms with Crippen LogP contribution in [-0.2, 0) is 10.0 Å². The number of hydrogen-bond donors (Lipinski definition) is 1. The molecule has 6 nitrogen and oxygen atoms in total. The Morgan fingerprint density at radius 3 is 2.47 bits per heavy atom. The summed E-state index contributed by atoms with van der Waals surface area (Å²) in [5.74, 6) is 0.346. The molecule has 0 aliphatic heterocycles. The molecule has 0 radical (unpaired) electrons. The first-order chi connectivity index (χ1) is 8.63. The van der Waals surface area contributed by atoms with Gasteiger partial charge in [-0.3, -0.25) is 10.1 Å². The Balaban J connectivity index is 2.95. The highest BCUT2D eigenvalue weighted by molar-refractivity contribution is 7.91. The Morgan fingerprint density at radius 1 is 1.47 bits per heavy atom. The summed E-state index contributed by atoms with van der Waals surface area (Å²) in [7, 11) is -3.76. The Hall–Kier alpha value is -0.700. The number of nitrogens with zero attached hydrogens (tertiary/aromatic N) is 1. The molecule has 0 saturated heterocycles. The predicted molar refractivity (Wildman–Crippen MR) is 75.2 cm³/mol. The maximum atomic E-state index is 12.0. The molecule has 1 atom stereocenters. The molecule has 1 N–H and O–H groups in total. The van der Waals surface area contributed by atoms with Gasteiger partial charge in [0.15, 0.2) is 4.34 Å². The molecule has 108 valence electrons. The molecule has 0 spiro atoms. The van der Waals surface area contributed by atoms with Gasteiger partial charge in [-0.05, 0) is 19.3 Å². The van der Waals surface area contributed by atoms with Crippen LogP contribution in [0.15, 0.2) is 10.3 Å². The van der Waals surface area contributed by atoms with Gasteiger partial charge in [-0.15, -0.1) is 11.3 Å². The number of nitrogens with one attached hydrogen (secondary N) is 1. The molecule has 9 heteroatoms. The van der Waals surface area contributed by atoms with E-state index in [9.17, 15) is 18.5 Å². The molecule has 0 aliphatic rings. The van der Waals surface area contributed by atoms with E-state index in [0.717, 1.165) is 6.07 Å². The first-order valence-electron chi connectivity index (χ1n) is 5.59. The summed E-state index contributed by atoms with van der Waals surface area (Å²) >= 11 is 6.34. The summed E-state index contributed by atoms with van der Waals surface area (Å²) in [6.07, 6.45) is 0.681. The lowest BCUT2D eigenvalue weighted by Gasteiger charge is -2.15. The van der Waals surface area contributed by atoms with Crippen LogP contribution in [0, 0.1) is 16.0 Å². The lowest BCUT2D eigenvalue weighted by molar-refractivity contribution is -0.384. The fraction of sp³-hybridized carbons (Fsp3) is 0.600. The van der Waals surface area contributed by atoms with Gasteiger partial charge < -0.3 is 0 Å². The van der Waals surface area contributed by atoms with Crippen LogP contribution in [0.25, 0.3) is 0 Å². The number of thiophene rings is 1. The zero-order valence-corrected chi connectivity index (χ0v) is 13.1. The van der Waals surface area contributed by atoms with Gasteiger partial charge in [0.2, 0.25) is 0 Å². The normalized spacial score (nSPS) is 13.7. The average Bonchev–Trinajstić information content (AvgIpc) is 2.58. The summed E-state index contributed by atoms with van der Waals surface area (Å²) < 4.78 is 26.3. The van der Waals surface area contributed by atoms with E-state index in [1.54, 1.807) is 6.92 Å². The number of halogens is 1. The number of sulfonamides is 1. The van der Waals surface area contributed by atoms with Crippen LogP contribution in [0.5, 0.6) is 0 Å². The fourth-order valence-corrected chi connectivity index (χ4v) is 4.61. The van der Waals surface area contributed by atoms with Crippen LogP contribution < -0.4 is 4.72 Å². The monoisotopic (exact) mass is 326 g/mol. The van der Waals surface area contributed by atoms with Crippen molar-refractivity contribution in [1.82, 2.24) is 4.72 Å². The summed E-state index contributed by atoms with van der Waals surface area (Å²) in [4.78, 5) is 9.94. The second kappa shape index (κ2) is 6.17. The van der Waals surface area contributed by atoms with Crippen molar-refractivity contribution in [3.05, 3.63) is 20.5 Å². The first-order valence-corrected chi connectivity index (χ1v) is 8.27. The zero-order chi connectivity index (χ0) is 14.8. The number of nitro groups is 1. The van der Waals surface area contributed by atoms with Gasteiger partial charge in [0.1, 0.15) is 4.21 Å². The van der Waals surface area contributed by atoms with Gasteiger partial charge in [0, 0.05) is 12.1 Å². The molecule has 0 bridgehead atoms. The molecule has 1 aromatic heterocycles. The Bertz CT molecular complexity index is 568. The second-order valence-corrected chi connectivity index (χ2v) is 8.23. The van der Waals surface area contributed by atoms with Crippen LogP contribution in [0.2, 0.25) is 4.34 Å². The van der Waals surface area contributed by atoms with E-state index in [4.69, 9.17) is 11.6 Å². The minimum atomic E-state index is -3.76. The van der Waals surface area contributed by atoms with Crippen molar-refractivity contribution in [2.24, 2.45) is 5.92 Å². The number of hydrogen-bond acceptors (Lipinski definition) is 5. The highest BCUT2D eigenvalue weighted by Crippen LogP contribution is 2.36. The third kappa shape index (κ3) is 4.41. The summed E-state index contributed by atoms with van der Waals surface area (Å²) in [6.45, 7) is 5.72. The van der Waals surface area contributed by atoms with Crippen LogP contribution in [0.1, 0.15) is 27.2 Å². The van der Waals surface area contributed by atoms with Crippen LogP contribution in [0.3, 0.4) is 0 Å². The number of rotatable bonds is 6. The Morgan fingerprint density at radius 2 is 2.05 bits per heavy atom. The summed E-state index contributed by atoms with van der Waals surface area (Å²) in [6, 6.07) is 0.738. The highest BCUT2D eigenvalue weighted by atomic mass is 35.5. The molecule has 19 heavy (non-hydrogen) atoms. The Labute approximate surface area is 121 Å². The Kier molecular flexibility index (Phi) is 5.31. The minimum Gasteiger partial charge on any atom is -0.258 e. The molecule has 0 fully saturated rings. The van der Waals surface area contributed by atoms with E-state index in [2.05, 4.69) is 4.72 Å². The van der Waals surface area contributed by atoms with E-state index in [1.807, 2.05) is 13.8 Å². The van der Waals surface area contributed by atoms with E-state index >= 15 is 0 Å². The molecule has 0 aliphatic carbocycles. The maximum Gasteiger partial charge on any atom is 0.300 e.